The van der Waals surface area contributed by atoms with Crippen LogP contribution in [0.5, 0.6) is 0 Å². The molecule has 0 aliphatic carbocycles. The first-order chi connectivity index (χ1) is 15.9. The monoisotopic (exact) mass is 448 g/mol. The van der Waals surface area contributed by atoms with Crippen LogP contribution in [0, 0.1) is 19.7 Å². The molecule has 0 saturated carbocycles. The summed E-state index contributed by atoms with van der Waals surface area (Å²) in [6, 6.07) is 16.2. The van der Waals surface area contributed by atoms with E-state index in [1.165, 1.54) is 12.1 Å². The molecule has 3 amide bonds. The summed E-state index contributed by atoms with van der Waals surface area (Å²) >= 11 is 0. The molecule has 1 aromatic heterocycles. The maximum atomic E-state index is 13.6. The summed E-state index contributed by atoms with van der Waals surface area (Å²) in [6.45, 7) is 8.40. The van der Waals surface area contributed by atoms with Crippen molar-refractivity contribution in [1.29, 1.82) is 0 Å². The molecule has 4 rings (SSSR count). The van der Waals surface area contributed by atoms with Crippen LogP contribution >= 0.6 is 0 Å². The molecular weight excluding hydrogens is 419 g/mol. The number of aromatic nitrogens is 1. The van der Waals surface area contributed by atoms with Gasteiger partial charge in [0.05, 0.1) is 11.3 Å². The van der Waals surface area contributed by atoms with E-state index in [4.69, 9.17) is 0 Å². The van der Waals surface area contributed by atoms with Gasteiger partial charge < -0.3 is 19.7 Å². The first kappa shape index (κ1) is 22.6. The summed E-state index contributed by atoms with van der Waals surface area (Å²) in [5, 5.41) is 2.81. The third kappa shape index (κ3) is 4.62. The van der Waals surface area contributed by atoms with Gasteiger partial charge in [-0.25, -0.2) is 9.18 Å². The lowest BCUT2D eigenvalue weighted by Gasteiger charge is -2.34. The number of rotatable bonds is 4. The van der Waals surface area contributed by atoms with Crippen molar-refractivity contribution in [3.05, 3.63) is 77.2 Å². The second-order valence-electron chi connectivity index (χ2n) is 8.32. The molecule has 0 atom stereocenters. The van der Waals surface area contributed by atoms with Gasteiger partial charge in [0.1, 0.15) is 5.82 Å². The highest BCUT2D eigenvalue weighted by molar-refractivity contribution is 5.97. The first-order valence-corrected chi connectivity index (χ1v) is 11.3. The van der Waals surface area contributed by atoms with Crippen molar-refractivity contribution in [1.82, 2.24) is 19.7 Å². The molecule has 0 bridgehead atoms. The van der Waals surface area contributed by atoms with Gasteiger partial charge in [-0.15, -0.1) is 0 Å². The van der Waals surface area contributed by atoms with Crippen molar-refractivity contribution in [2.24, 2.45) is 0 Å². The Labute approximate surface area is 193 Å². The highest BCUT2D eigenvalue weighted by Crippen LogP contribution is 2.31. The molecule has 1 aliphatic heterocycles. The summed E-state index contributed by atoms with van der Waals surface area (Å²) < 4.78 is 15.6. The summed E-state index contributed by atoms with van der Waals surface area (Å²) in [4.78, 5) is 29.1. The molecule has 1 saturated heterocycles. The molecule has 172 valence electrons. The van der Waals surface area contributed by atoms with E-state index >= 15 is 0 Å². The molecule has 33 heavy (non-hydrogen) atoms. The number of urea groups is 1. The fraction of sp³-hybridized carbons (Fsp3) is 0.308. The van der Waals surface area contributed by atoms with E-state index in [1.807, 2.05) is 55.7 Å². The van der Waals surface area contributed by atoms with Crippen LogP contribution in [-0.2, 0) is 0 Å². The number of hydrogen-bond donors (Lipinski definition) is 1. The SMILES string of the molecule is CCNC(=O)N1CCN(C(=O)c2cc(-c3ccc(F)cc3)n(-c3ccc(C)cc3)c2C)CC1. The molecule has 6 nitrogen and oxygen atoms in total. The molecule has 0 radical (unpaired) electrons. The maximum Gasteiger partial charge on any atom is 0.317 e. The molecule has 2 heterocycles. The second-order valence-corrected chi connectivity index (χ2v) is 8.32. The lowest BCUT2D eigenvalue weighted by molar-refractivity contribution is 0.0664. The molecule has 1 aliphatic rings. The third-order valence-electron chi connectivity index (χ3n) is 6.09. The number of nitrogens with zero attached hydrogens (tertiary/aromatic N) is 3. The van der Waals surface area contributed by atoms with E-state index in [0.717, 1.165) is 28.2 Å². The van der Waals surface area contributed by atoms with Crippen molar-refractivity contribution in [3.8, 4) is 16.9 Å². The Hall–Kier alpha value is -3.61. The summed E-state index contributed by atoms with van der Waals surface area (Å²) in [5.41, 5.74) is 5.20. The molecular formula is C26H29FN4O2. The zero-order chi connectivity index (χ0) is 23.5. The van der Waals surface area contributed by atoms with Crippen LogP contribution in [0.2, 0.25) is 0 Å². The normalized spacial score (nSPS) is 13.8. The number of hydrogen-bond acceptors (Lipinski definition) is 2. The Bertz CT molecular complexity index is 1140. The molecule has 3 aromatic rings. The molecule has 0 spiro atoms. The fourth-order valence-electron chi connectivity index (χ4n) is 4.23. The van der Waals surface area contributed by atoms with Crippen LogP contribution in [0.1, 0.15) is 28.5 Å². The van der Waals surface area contributed by atoms with Crippen LogP contribution in [0.4, 0.5) is 9.18 Å². The Kier molecular flexibility index (Phi) is 6.49. The summed E-state index contributed by atoms with van der Waals surface area (Å²) in [6.07, 6.45) is 0. The van der Waals surface area contributed by atoms with Gasteiger partial charge in [-0.05, 0) is 68.8 Å². The van der Waals surface area contributed by atoms with Crippen LogP contribution in [0.15, 0.2) is 54.6 Å². The lowest BCUT2D eigenvalue weighted by Crippen LogP contribution is -2.53. The molecule has 0 unspecified atom stereocenters. The zero-order valence-corrected chi connectivity index (χ0v) is 19.3. The minimum atomic E-state index is -0.301. The Morgan fingerprint density at radius 1 is 0.909 bits per heavy atom. The lowest BCUT2D eigenvalue weighted by atomic mass is 10.1. The van der Waals surface area contributed by atoms with E-state index in [-0.39, 0.29) is 17.8 Å². The summed E-state index contributed by atoms with van der Waals surface area (Å²) in [5.74, 6) is -0.359. The van der Waals surface area contributed by atoms with Gasteiger partial charge in [0, 0.05) is 44.1 Å². The van der Waals surface area contributed by atoms with Crippen LogP contribution in [-0.4, -0.2) is 59.0 Å². The number of piperazine rings is 1. The Balaban J connectivity index is 1.67. The average molecular weight is 449 g/mol. The quantitative estimate of drug-likeness (QED) is 0.644. The number of carbonyl (C=O) groups excluding carboxylic acids is 2. The van der Waals surface area contributed by atoms with Gasteiger partial charge >= 0.3 is 6.03 Å². The van der Waals surface area contributed by atoms with Gasteiger partial charge in [0.25, 0.3) is 5.91 Å². The van der Waals surface area contributed by atoms with Crippen LogP contribution in [0.25, 0.3) is 16.9 Å². The number of aryl methyl sites for hydroxylation is 1. The molecule has 1 N–H and O–H groups in total. The number of nitrogens with one attached hydrogen (secondary N) is 1. The topological polar surface area (TPSA) is 57.6 Å². The smallest absolute Gasteiger partial charge is 0.317 e. The molecule has 1 fully saturated rings. The molecule has 2 aromatic carbocycles. The van der Waals surface area contributed by atoms with E-state index in [1.54, 1.807) is 21.9 Å². The maximum absolute atomic E-state index is 13.6. The van der Waals surface area contributed by atoms with Gasteiger partial charge in [0.2, 0.25) is 0 Å². The van der Waals surface area contributed by atoms with Crippen molar-refractivity contribution in [3.63, 3.8) is 0 Å². The van der Waals surface area contributed by atoms with E-state index in [0.29, 0.717) is 38.3 Å². The van der Waals surface area contributed by atoms with Crippen molar-refractivity contribution >= 4 is 11.9 Å². The predicted molar refractivity (Wildman–Crippen MR) is 127 cm³/mol. The largest absolute Gasteiger partial charge is 0.338 e. The number of benzene rings is 2. The number of halogens is 1. The Morgan fingerprint density at radius 2 is 1.52 bits per heavy atom. The van der Waals surface area contributed by atoms with Crippen molar-refractivity contribution in [2.45, 2.75) is 20.8 Å². The van der Waals surface area contributed by atoms with Gasteiger partial charge in [-0.1, -0.05) is 17.7 Å². The van der Waals surface area contributed by atoms with Gasteiger partial charge in [0.15, 0.2) is 0 Å². The van der Waals surface area contributed by atoms with E-state index in [9.17, 15) is 14.0 Å². The third-order valence-corrected chi connectivity index (χ3v) is 6.09. The highest BCUT2D eigenvalue weighted by Gasteiger charge is 2.28. The minimum absolute atomic E-state index is 0.0581. The first-order valence-electron chi connectivity index (χ1n) is 11.3. The minimum Gasteiger partial charge on any atom is -0.338 e. The fourth-order valence-corrected chi connectivity index (χ4v) is 4.23. The number of amides is 3. The van der Waals surface area contributed by atoms with Gasteiger partial charge in [-0.3, -0.25) is 4.79 Å². The number of carbonyl (C=O) groups is 2. The van der Waals surface area contributed by atoms with Crippen LogP contribution in [0.3, 0.4) is 0 Å². The summed E-state index contributed by atoms with van der Waals surface area (Å²) in [7, 11) is 0. The Morgan fingerprint density at radius 3 is 2.12 bits per heavy atom. The molecule has 7 heteroatoms. The van der Waals surface area contributed by atoms with E-state index < -0.39 is 0 Å². The van der Waals surface area contributed by atoms with Crippen molar-refractivity contribution < 1.29 is 14.0 Å². The predicted octanol–water partition coefficient (Wildman–Crippen LogP) is 4.39. The van der Waals surface area contributed by atoms with Crippen LogP contribution < -0.4 is 5.32 Å². The highest BCUT2D eigenvalue weighted by atomic mass is 19.1. The van der Waals surface area contributed by atoms with Gasteiger partial charge in [-0.2, -0.15) is 0 Å². The standard InChI is InChI=1S/C26H29FN4O2/c1-4-28-26(33)30-15-13-29(14-16-30)25(32)23-17-24(20-7-9-21(27)10-8-20)31(19(23)3)22-11-5-18(2)6-12-22/h5-12,17H,4,13-16H2,1-3H3,(H,28,33). The van der Waals surface area contributed by atoms with E-state index in [2.05, 4.69) is 5.32 Å². The average Bonchev–Trinajstić information content (AvgIpc) is 3.17. The zero-order valence-electron chi connectivity index (χ0n) is 19.3. The second kappa shape index (κ2) is 9.48. The van der Waals surface area contributed by atoms with Crippen molar-refractivity contribution in [2.75, 3.05) is 32.7 Å².